The average Bonchev–Trinajstić information content (AvgIpc) is 3.04. The van der Waals surface area contributed by atoms with Crippen LogP contribution < -0.4 is 9.47 Å². The summed E-state index contributed by atoms with van der Waals surface area (Å²) in [5.41, 5.74) is -0.0608. The van der Waals surface area contributed by atoms with Gasteiger partial charge in [-0.3, -0.25) is 9.69 Å². The van der Waals surface area contributed by atoms with Gasteiger partial charge in [-0.2, -0.15) is 0 Å². The van der Waals surface area contributed by atoms with Crippen LogP contribution in [-0.4, -0.2) is 72.7 Å². The normalized spacial score (nSPS) is 22.0. The summed E-state index contributed by atoms with van der Waals surface area (Å²) < 4.78 is 11.1. The van der Waals surface area contributed by atoms with E-state index in [9.17, 15) is 14.7 Å². The van der Waals surface area contributed by atoms with Crippen LogP contribution in [0.15, 0.2) is 24.3 Å². The molecule has 2 heterocycles. The summed E-state index contributed by atoms with van der Waals surface area (Å²) in [6.07, 6.45) is 2.39. The number of hydrogen-bond donors (Lipinski definition) is 1. The quantitative estimate of drug-likeness (QED) is 0.816. The van der Waals surface area contributed by atoms with Crippen LogP contribution in [0.4, 0.5) is 0 Å². The first kappa shape index (κ1) is 19.5. The summed E-state index contributed by atoms with van der Waals surface area (Å²) in [5.74, 6) is 0.428. The van der Waals surface area contributed by atoms with Crippen LogP contribution in [0.2, 0.25) is 0 Å². The van der Waals surface area contributed by atoms with Gasteiger partial charge in [-0.05, 0) is 49.9 Å². The number of carbonyl (C=O) groups is 2. The Morgan fingerprint density at radius 1 is 1.22 bits per heavy atom. The minimum atomic E-state index is -0.894. The number of likely N-dealkylation sites (tertiary alicyclic amines) is 2. The smallest absolute Gasteiger partial charge is 0.326 e. The summed E-state index contributed by atoms with van der Waals surface area (Å²) in [4.78, 5) is 27.2. The number of methoxy groups -OCH3 is 1. The molecule has 0 aliphatic carbocycles. The van der Waals surface area contributed by atoms with Crippen LogP contribution >= 0.6 is 0 Å². The highest BCUT2D eigenvalue weighted by atomic mass is 16.5. The van der Waals surface area contributed by atoms with E-state index < -0.39 is 12.0 Å². The van der Waals surface area contributed by atoms with E-state index in [1.807, 2.05) is 24.3 Å². The SMILES string of the molecule is COc1ccccc1OCCN1CCC2(CC1)C[C@@H](C(=O)O)N(C(C)=O)C2. The van der Waals surface area contributed by atoms with E-state index in [0.717, 1.165) is 44.0 Å². The summed E-state index contributed by atoms with van der Waals surface area (Å²) in [6.45, 7) is 5.20. The summed E-state index contributed by atoms with van der Waals surface area (Å²) in [6, 6.07) is 6.92. The molecule has 2 fully saturated rings. The van der Waals surface area contributed by atoms with E-state index in [1.165, 1.54) is 11.8 Å². The molecule has 2 aliphatic heterocycles. The first-order valence-electron chi connectivity index (χ1n) is 9.42. The third kappa shape index (κ3) is 4.35. The van der Waals surface area contributed by atoms with E-state index in [1.54, 1.807) is 7.11 Å². The highest BCUT2D eigenvalue weighted by Crippen LogP contribution is 2.43. The maximum atomic E-state index is 11.8. The van der Waals surface area contributed by atoms with Crippen molar-refractivity contribution in [1.82, 2.24) is 9.80 Å². The van der Waals surface area contributed by atoms with Crippen molar-refractivity contribution in [2.24, 2.45) is 5.41 Å². The zero-order valence-electron chi connectivity index (χ0n) is 16.0. The van der Waals surface area contributed by atoms with Gasteiger partial charge in [-0.1, -0.05) is 12.1 Å². The van der Waals surface area contributed by atoms with Crippen molar-refractivity contribution in [2.75, 3.05) is 39.9 Å². The van der Waals surface area contributed by atoms with Crippen molar-refractivity contribution >= 4 is 11.9 Å². The number of aliphatic carboxylic acids is 1. The van der Waals surface area contributed by atoms with Gasteiger partial charge in [0.1, 0.15) is 12.6 Å². The number of rotatable bonds is 6. The zero-order chi connectivity index (χ0) is 19.4. The molecule has 1 aromatic rings. The molecule has 0 unspecified atom stereocenters. The predicted octanol–water partition coefficient (Wildman–Crippen LogP) is 1.86. The van der Waals surface area contributed by atoms with E-state index in [2.05, 4.69) is 4.90 Å². The third-order valence-corrected chi connectivity index (χ3v) is 5.85. The molecule has 0 saturated carbocycles. The molecule has 0 radical (unpaired) electrons. The number of amides is 1. The number of ether oxygens (including phenoxy) is 2. The minimum absolute atomic E-state index is 0.0608. The topological polar surface area (TPSA) is 79.3 Å². The van der Waals surface area contributed by atoms with Crippen LogP contribution in [-0.2, 0) is 9.59 Å². The Bertz CT molecular complexity index is 661. The highest BCUT2D eigenvalue weighted by Gasteiger charge is 2.48. The molecule has 7 heteroatoms. The van der Waals surface area contributed by atoms with E-state index in [0.29, 0.717) is 19.6 Å². The van der Waals surface area contributed by atoms with E-state index >= 15 is 0 Å². The van der Waals surface area contributed by atoms with E-state index in [4.69, 9.17) is 9.47 Å². The molecular weight excluding hydrogens is 348 g/mol. The number of nitrogens with zero attached hydrogens (tertiary/aromatic N) is 2. The molecule has 1 atom stereocenters. The maximum Gasteiger partial charge on any atom is 0.326 e. The summed E-state index contributed by atoms with van der Waals surface area (Å²) >= 11 is 0. The molecule has 3 rings (SSSR count). The molecule has 1 N–H and O–H groups in total. The van der Waals surface area contributed by atoms with Gasteiger partial charge in [-0.25, -0.2) is 4.79 Å². The van der Waals surface area contributed by atoms with Crippen molar-refractivity contribution in [1.29, 1.82) is 0 Å². The van der Waals surface area contributed by atoms with Crippen LogP contribution in [0, 0.1) is 5.41 Å². The predicted molar refractivity (Wildman–Crippen MR) is 100 cm³/mol. The van der Waals surface area contributed by atoms with Crippen molar-refractivity contribution < 1.29 is 24.2 Å². The van der Waals surface area contributed by atoms with Crippen molar-refractivity contribution in [3.63, 3.8) is 0 Å². The van der Waals surface area contributed by atoms with Gasteiger partial charge in [0.2, 0.25) is 5.91 Å². The second-order valence-electron chi connectivity index (χ2n) is 7.55. The van der Waals surface area contributed by atoms with Gasteiger partial charge in [0, 0.05) is 20.0 Å². The van der Waals surface area contributed by atoms with Crippen molar-refractivity contribution in [3.05, 3.63) is 24.3 Å². The monoisotopic (exact) mass is 376 g/mol. The summed E-state index contributed by atoms with van der Waals surface area (Å²) in [7, 11) is 1.63. The molecule has 27 heavy (non-hydrogen) atoms. The number of hydrogen-bond acceptors (Lipinski definition) is 5. The fourth-order valence-electron chi connectivity index (χ4n) is 4.24. The second kappa shape index (κ2) is 8.17. The molecule has 2 aliphatic rings. The fourth-order valence-corrected chi connectivity index (χ4v) is 4.24. The molecule has 0 aromatic heterocycles. The lowest BCUT2D eigenvalue weighted by atomic mass is 9.76. The van der Waals surface area contributed by atoms with Gasteiger partial charge >= 0.3 is 5.97 Å². The number of para-hydroxylation sites is 2. The van der Waals surface area contributed by atoms with Crippen molar-refractivity contribution in [3.8, 4) is 11.5 Å². The molecule has 148 valence electrons. The molecule has 1 aromatic carbocycles. The number of carbonyl (C=O) groups excluding carboxylic acids is 1. The van der Waals surface area contributed by atoms with Crippen molar-refractivity contribution in [2.45, 2.75) is 32.2 Å². The molecule has 2 saturated heterocycles. The minimum Gasteiger partial charge on any atom is -0.493 e. The Labute approximate surface area is 159 Å². The van der Waals surface area contributed by atoms with Crippen LogP contribution in [0.5, 0.6) is 11.5 Å². The highest BCUT2D eigenvalue weighted by molar-refractivity contribution is 5.83. The first-order chi connectivity index (χ1) is 12.9. The Kier molecular flexibility index (Phi) is 5.89. The lowest BCUT2D eigenvalue weighted by Gasteiger charge is -2.39. The molecule has 0 bridgehead atoms. The molecule has 7 nitrogen and oxygen atoms in total. The second-order valence-corrected chi connectivity index (χ2v) is 7.55. The van der Waals surface area contributed by atoms with Gasteiger partial charge in [0.05, 0.1) is 7.11 Å². The number of carboxylic acid groups (broad SMARTS) is 1. The van der Waals surface area contributed by atoms with E-state index in [-0.39, 0.29) is 11.3 Å². The largest absolute Gasteiger partial charge is 0.493 e. The lowest BCUT2D eigenvalue weighted by Crippen LogP contribution is -2.43. The molecule has 1 spiro atoms. The zero-order valence-corrected chi connectivity index (χ0v) is 16.0. The Morgan fingerprint density at radius 3 is 2.44 bits per heavy atom. The first-order valence-corrected chi connectivity index (χ1v) is 9.42. The van der Waals surface area contributed by atoms with Crippen LogP contribution in [0.25, 0.3) is 0 Å². The third-order valence-electron chi connectivity index (χ3n) is 5.85. The fraction of sp³-hybridized carbons (Fsp3) is 0.600. The molecular formula is C20H28N2O5. The van der Waals surface area contributed by atoms with Gasteiger partial charge in [-0.15, -0.1) is 0 Å². The van der Waals surface area contributed by atoms with Gasteiger partial charge in [0.25, 0.3) is 0 Å². The number of carboxylic acids is 1. The van der Waals surface area contributed by atoms with Crippen LogP contribution in [0.1, 0.15) is 26.2 Å². The molecule has 1 amide bonds. The Balaban J connectivity index is 1.49. The summed E-state index contributed by atoms with van der Waals surface area (Å²) in [5, 5.41) is 9.43. The van der Waals surface area contributed by atoms with Gasteiger partial charge < -0.3 is 19.5 Å². The standard InChI is InChI=1S/C20H28N2O5/c1-15(23)22-14-20(13-16(22)19(24)25)7-9-21(10-8-20)11-12-27-18-6-4-3-5-17(18)26-2/h3-6,16H,7-14H2,1-2H3,(H,24,25)/t16-/m0/s1. The van der Waals surface area contributed by atoms with Gasteiger partial charge in [0.15, 0.2) is 11.5 Å². The average molecular weight is 376 g/mol. The number of benzene rings is 1. The lowest BCUT2D eigenvalue weighted by molar-refractivity contribution is -0.147. The Hall–Kier alpha value is -2.28. The maximum absolute atomic E-state index is 11.8. The Morgan fingerprint density at radius 2 is 1.89 bits per heavy atom. The van der Waals surface area contributed by atoms with Crippen LogP contribution in [0.3, 0.4) is 0 Å². The number of piperidine rings is 1.